The van der Waals surface area contributed by atoms with Gasteiger partial charge in [0.15, 0.2) is 5.82 Å². The van der Waals surface area contributed by atoms with Crippen molar-refractivity contribution in [3.05, 3.63) is 29.8 Å². The highest BCUT2D eigenvalue weighted by molar-refractivity contribution is 5.96. The smallest absolute Gasteiger partial charge is 0.306 e. The molecule has 0 saturated heterocycles. The van der Waals surface area contributed by atoms with Crippen LogP contribution in [-0.2, 0) is 11.3 Å². The molecular formula is C16H18FN3O3. The maximum absolute atomic E-state index is 14.0. The van der Waals surface area contributed by atoms with Gasteiger partial charge < -0.3 is 15.4 Å². The number of primary amides is 1. The molecule has 0 bridgehead atoms. The summed E-state index contributed by atoms with van der Waals surface area (Å²) in [6, 6.07) is 2.65. The van der Waals surface area contributed by atoms with E-state index in [4.69, 9.17) is 10.8 Å². The molecule has 1 amide bonds. The SMILES string of the molecule is NC(=O)c1cc(F)c2ncn(CC3CCC(C(=O)O)CC3)c2c1. The number of amides is 1. The van der Waals surface area contributed by atoms with E-state index in [0.29, 0.717) is 30.8 Å². The molecule has 0 aliphatic heterocycles. The van der Waals surface area contributed by atoms with Crippen molar-refractivity contribution in [2.24, 2.45) is 17.6 Å². The van der Waals surface area contributed by atoms with Gasteiger partial charge in [-0.2, -0.15) is 0 Å². The lowest BCUT2D eigenvalue weighted by Crippen LogP contribution is -2.23. The van der Waals surface area contributed by atoms with Crippen molar-refractivity contribution in [2.45, 2.75) is 32.2 Å². The van der Waals surface area contributed by atoms with Gasteiger partial charge in [0.1, 0.15) is 5.52 Å². The highest BCUT2D eigenvalue weighted by atomic mass is 19.1. The normalized spacial score (nSPS) is 21.4. The highest BCUT2D eigenvalue weighted by Crippen LogP contribution is 2.31. The van der Waals surface area contributed by atoms with Crippen LogP contribution in [0.4, 0.5) is 4.39 Å². The Hall–Kier alpha value is -2.44. The molecule has 1 aromatic carbocycles. The van der Waals surface area contributed by atoms with Gasteiger partial charge >= 0.3 is 5.97 Å². The van der Waals surface area contributed by atoms with Crippen LogP contribution in [0.1, 0.15) is 36.0 Å². The summed E-state index contributed by atoms with van der Waals surface area (Å²) < 4.78 is 15.8. The number of hydrogen-bond acceptors (Lipinski definition) is 3. The molecule has 1 fully saturated rings. The molecule has 3 rings (SSSR count). The number of carboxylic acid groups (broad SMARTS) is 1. The maximum Gasteiger partial charge on any atom is 0.306 e. The van der Waals surface area contributed by atoms with Gasteiger partial charge in [-0.3, -0.25) is 9.59 Å². The van der Waals surface area contributed by atoms with E-state index in [1.54, 1.807) is 12.4 Å². The Labute approximate surface area is 132 Å². The van der Waals surface area contributed by atoms with Crippen LogP contribution in [0, 0.1) is 17.7 Å². The van der Waals surface area contributed by atoms with E-state index in [1.807, 2.05) is 4.57 Å². The monoisotopic (exact) mass is 319 g/mol. The maximum atomic E-state index is 14.0. The van der Waals surface area contributed by atoms with Crippen LogP contribution in [-0.4, -0.2) is 26.5 Å². The Kier molecular flexibility index (Phi) is 4.02. The molecule has 122 valence electrons. The first kappa shape index (κ1) is 15.5. The molecular weight excluding hydrogens is 301 g/mol. The lowest BCUT2D eigenvalue weighted by Gasteiger charge is -2.26. The summed E-state index contributed by atoms with van der Waals surface area (Å²) in [5.74, 6) is -1.91. The fourth-order valence-corrected chi connectivity index (χ4v) is 3.28. The molecule has 0 unspecified atom stereocenters. The molecule has 0 atom stereocenters. The molecule has 1 saturated carbocycles. The van der Waals surface area contributed by atoms with Crippen molar-refractivity contribution in [3.63, 3.8) is 0 Å². The Morgan fingerprint density at radius 3 is 2.61 bits per heavy atom. The third kappa shape index (κ3) is 3.04. The van der Waals surface area contributed by atoms with E-state index in [1.165, 1.54) is 0 Å². The summed E-state index contributed by atoms with van der Waals surface area (Å²) in [4.78, 5) is 26.4. The van der Waals surface area contributed by atoms with E-state index in [0.717, 1.165) is 18.9 Å². The molecule has 23 heavy (non-hydrogen) atoms. The summed E-state index contributed by atoms with van der Waals surface area (Å²) in [7, 11) is 0. The molecule has 6 nitrogen and oxygen atoms in total. The molecule has 3 N–H and O–H groups in total. The molecule has 0 spiro atoms. The van der Waals surface area contributed by atoms with E-state index in [-0.39, 0.29) is 17.0 Å². The second kappa shape index (κ2) is 5.98. The second-order valence-corrected chi connectivity index (χ2v) is 6.14. The minimum atomic E-state index is -0.732. The predicted octanol–water partition coefficient (Wildman–Crippen LogP) is 2.17. The zero-order valence-electron chi connectivity index (χ0n) is 12.5. The van der Waals surface area contributed by atoms with Crippen molar-refractivity contribution in [1.82, 2.24) is 9.55 Å². The van der Waals surface area contributed by atoms with E-state index in [2.05, 4.69) is 4.98 Å². The van der Waals surface area contributed by atoms with Crippen molar-refractivity contribution in [3.8, 4) is 0 Å². The number of aliphatic carboxylic acids is 1. The fraction of sp³-hybridized carbons (Fsp3) is 0.438. The van der Waals surface area contributed by atoms with Crippen LogP contribution >= 0.6 is 0 Å². The topological polar surface area (TPSA) is 98.2 Å². The Morgan fingerprint density at radius 1 is 1.30 bits per heavy atom. The number of carboxylic acids is 1. The summed E-state index contributed by atoms with van der Waals surface area (Å²) >= 11 is 0. The Bertz CT molecular complexity index is 763. The van der Waals surface area contributed by atoms with Crippen molar-refractivity contribution >= 4 is 22.9 Å². The van der Waals surface area contributed by atoms with Crippen molar-refractivity contribution in [2.75, 3.05) is 0 Å². The van der Waals surface area contributed by atoms with Crippen LogP contribution in [0.5, 0.6) is 0 Å². The third-order valence-corrected chi connectivity index (χ3v) is 4.61. The molecule has 1 heterocycles. The van der Waals surface area contributed by atoms with E-state index in [9.17, 15) is 14.0 Å². The quantitative estimate of drug-likeness (QED) is 0.902. The van der Waals surface area contributed by atoms with Crippen LogP contribution in [0.25, 0.3) is 11.0 Å². The third-order valence-electron chi connectivity index (χ3n) is 4.61. The summed E-state index contributed by atoms with van der Waals surface area (Å²) in [6.07, 6.45) is 4.51. The van der Waals surface area contributed by atoms with Gasteiger partial charge in [-0.25, -0.2) is 9.37 Å². The van der Waals surface area contributed by atoms with E-state index < -0.39 is 17.7 Å². The van der Waals surface area contributed by atoms with Crippen LogP contribution in [0.2, 0.25) is 0 Å². The van der Waals surface area contributed by atoms with Gasteiger partial charge in [0.05, 0.1) is 17.8 Å². The first-order chi connectivity index (χ1) is 11.0. The van der Waals surface area contributed by atoms with Crippen molar-refractivity contribution < 1.29 is 19.1 Å². The summed E-state index contributed by atoms with van der Waals surface area (Å²) in [5.41, 5.74) is 6.10. The predicted molar refractivity (Wildman–Crippen MR) is 81.3 cm³/mol. The number of carbonyl (C=O) groups excluding carboxylic acids is 1. The number of fused-ring (bicyclic) bond motifs is 1. The molecule has 2 aromatic rings. The number of carbonyl (C=O) groups is 2. The fourth-order valence-electron chi connectivity index (χ4n) is 3.28. The molecule has 0 radical (unpaired) electrons. The lowest BCUT2D eigenvalue weighted by molar-refractivity contribution is -0.143. The Morgan fingerprint density at radius 2 is 2.00 bits per heavy atom. The number of hydrogen-bond donors (Lipinski definition) is 2. The standard InChI is InChI=1S/C16H18FN3O3/c17-12-5-11(15(18)21)6-13-14(12)19-8-20(13)7-9-1-3-10(4-2-9)16(22)23/h5-6,8-10H,1-4,7H2,(H2,18,21)(H,22,23). The molecule has 1 aliphatic carbocycles. The summed E-state index contributed by atoms with van der Waals surface area (Å²) in [6.45, 7) is 0.629. The average molecular weight is 319 g/mol. The molecule has 1 aromatic heterocycles. The molecule has 7 heteroatoms. The number of nitrogens with zero attached hydrogens (tertiary/aromatic N) is 2. The number of aromatic nitrogens is 2. The van der Waals surface area contributed by atoms with Gasteiger partial charge in [-0.05, 0) is 43.7 Å². The zero-order chi connectivity index (χ0) is 16.6. The minimum absolute atomic E-state index is 0.117. The number of imidazole rings is 1. The summed E-state index contributed by atoms with van der Waals surface area (Å²) in [5, 5.41) is 9.03. The Balaban J connectivity index is 1.81. The van der Waals surface area contributed by atoms with Gasteiger partial charge in [0, 0.05) is 12.1 Å². The largest absolute Gasteiger partial charge is 0.481 e. The number of rotatable bonds is 4. The van der Waals surface area contributed by atoms with Gasteiger partial charge in [0.2, 0.25) is 5.91 Å². The van der Waals surface area contributed by atoms with Crippen LogP contribution in [0.3, 0.4) is 0 Å². The zero-order valence-corrected chi connectivity index (χ0v) is 12.5. The van der Waals surface area contributed by atoms with Crippen LogP contribution < -0.4 is 5.73 Å². The second-order valence-electron chi connectivity index (χ2n) is 6.14. The van der Waals surface area contributed by atoms with Gasteiger partial charge in [0.25, 0.3) is 0 Å². The molecule has 1 aliphatic rings. The van der Waals surface area contributed by atoms with Crippen molar-refractivity contribution in [1.29, 1.82) is 0 Å². The number of halogens is 1. The first-order valence-corrected chi connectivity index (χ1v) is 7.62. The van der Waals surface area contributed by atoms with Crippen LogP contribution in [0.15, 0.2) is 18.5 Å². The van der Waals surface area contributed by atoms with Gasteiger partial charge in [-0.1, -0.05) is 0 Å². The highest BCUT2D eigenvalue weighted by Gasteiger charge is 2.26. The lowest BCUT2D eigenvalue weighted by atomic mass is 9.82. The van der Waals surface area contributed by atoms with E-state index >= 15 is 0 Å². The first-order valence-electron chi connectivity index (χ1n) is 7.62. The minimum Gasteiger partial charge on any atom is -0.481 e. The van der Waals surface area contributed by atoms with Gasteiger partial charge in [-0.15, -0.1) is 0 Å². The average Bonchev–Trinajstić information content (AvgIpc) is 2.91. The number of benzene rings is 1. The number of nitrogens with two attached hydrogens (primary N) is 1.